The maximum Gasteiger partial charge on any atom is 0.259 e. The van der Waals surface area contributed by atoms with E-state index in [4.69, 9.17) is 4.42 Å². The number of nitrogens with zero attached hydrogens (tertiary/aromatic N) is 2. The van der Waals surface area contributed by atoms with E-state index in [1.54, 1.807) is 6.21 Å². The standard InChI is InChI=1S/C20H23N3O2/c1-14-11-17(14)19-9-8-16(25-19)12-21-22-20(24)13-23-10-4-6-15-5-2-3-7-18(15)23/h2-3,5,7-9,12,14,17H,4,6,10-11,13H2,1H3,(H,22,24)/b21-12-/t14-,17-/m1/s1. The number of hydrogen-bond donors (Lipinski definition) is 1. The lowest BCUT2D eigenvalue weighted by Gasteiger charge is -2.30. The van der Waals surface area contributed by atoms with Crippen LogP contribution in [0.5, 0.6) is 0 Å². The summed E-state index contributed by atoms with van der Waals surface area (Å²) in [5.41, 5.74) is 5.06. The van der Waals surface area contributed by atoms with E-state index in [0.29, 0.717) is 24.1 Å². The van der Waals surface area contributed by atoms with Crippen molar-refractivity contribution in [3.05, 3.63) is 53.5 Å². The number of benzene rings is 1. The molecule has 1 N–H and O–H groups in total. The normalized spacial score (nSPS) is 22.0. The van der Waals surface area contributed by atoms with Crippen molar-refractivity contribution in [1.29, 1.82) is 0 Å². The zero-order valence-electron chi connectivity index (χ0n) is 14.4. The van der Waals surface area contributed by atoms with Gasteiger partial charge in [-0.1, -0.05) is 25.1 Å². The third-order valence-electron chi connectivity index (χ3n) is 5.04. The van der Waals surface area contributed by atoms with Gasteiger partial charge in [0.15, 0.2) is 0 Å². The summed E-state index contributed by atoms with van der Waals surface area (Å²) in [5.74, 6) is 2.84. The van der Waals surface area contributed by atoms with Gasteiger partial charge in [0.05, 0.1) is 12.8 Å². The lowest BCUT2D eigenvalue weighted by Crippen LogP contribution is -2.38. The van der Waals surface area contributed by atoms with Crippen LogP contribution in [0.2, 0.25) is 0 Å². The molecular weight excluding hydrogens is 314 g/mol. The first kappa shape index (κ1) is 15.9. The highest BCUT2D eigenvalue weighted by atomic mass is 16.3. The second-order valence-corrected chi connectivity index (χ2v) is 7.01. The summed E-state index contributed by atoms with van der Waals surface area (Å²) >= 11 is 0. The van der Waals surface area contributed by atoms with E-state index >= 15 is 0 Å². The molecule has 5 nitrogen and oxygen atoms in total. The second kappa shape index (κ2) is 6.75. The van der Waals surface area contributed by atoms with Gasteiger partial charge in [-0.25, -0.2) is 5.43 Å². The number of amides is 1. The van der Waals surface area contributed by atoms with E-state index < -0.39 is 0 Å². The van der Waals surface area contributed by atoms with Crippen LogP contribution >= 0.6 is 0 Å². The fourth-order valence-electron chi connectivity index (χ4n) is 3.51. The van der Waals surface area contributed by atoms with Crippen LogP contribution < -0.4 is 10.3 Å². The molecule has 0 spiro atoms. The summed E-state index contributed by atoms with van der Waals surface area (Å²) in [6, 6.07) is 12.2. The Bertz CT molecular complexity index is 796. The number of aryl methyl sites for hydroxylation is 1. The Morgan fingerprint density at radius 1 is 1.36 bits per heavy atom. The lowest BCUT2D eigenvalue weighted by atomic mass is 10.0. The van der Waals surface area contributed by atoms with Crippen LogP contribution in [0.1, 0.15) is 42.8 Å². The number of carbonyl (C=O) groups is 1. The van der Waals surface area contributed by atoms with Crippen molar-refractivity contribution in [2.75, 3.05) is 18.0 Å². The number of rotatable bonds is 5. The monoisotopic (exact) mass is 337 g/mol. The zero-order chi connectivity index (χ0) is 17.2. The van der Waals surface area contributed by atoms with Crippen LogP contribution in [0.15, 0.2) is 45.9 Å². The molecule has 0 radical (unpaired) electrons. The maximum absolute atomic E-state index is 12.2. The van der Waals surface area contributed by atoms with Crippen molar-refractivity contribution >= 4 is 17.8 Å². The number of hydrogen-bond acceptors (Lipinski definition) is 4. The van der Waals surface area contributed by atoms with Gasteiger partial charge in [0.2, 0.25) is 0 Å². The van der Waals surface area contributed by atoms with Gasteiger partial charge in [-0.15, -0.1) is 0 Å². The van der Waals surface area contributed by atoms with E-state index in [-0.39, 0.29) is 5.91 Å². The average molecular weight is 337 g/mol. The number of hydrazone groups is 1. The van der Waals surface area contributed by atoms with Crippen LogP contribution in [0.4, 0.5) is 5.69 Å². The minimum Gasteiger partial charge on any atom is -0.460 e. The third-order valence-corrected chi connectivity index (χ3v) is 5.04. The van der Waals surface area contributed by atoms with E-state index in [1.807, 2.05) is 24.3 Å². The number of para-hydroxylation sites is 1. The van der Waals surface area contributed by atoms with Gasteiger partial charge >= 0.3 is 0 Å². The van der Waals surface area contributed by atoms with E-state index in [0.717, 1.165) is 30.8 Å². The van der Waals surface area contributed by atoms with Crippen molar-refractivity contribution in [3.63, 3.8) is 0 Å². The quantitative estimate of drug-likeness (QED) is 0.673. The molecule has 1 aliphatic heterocycles. The summed E-state index contributed by atoms with van der Waals surface area (Å²) < 4.78 is 5.75. The summed E-state index contributed by atoms with van der Waals surface area (Å²) in [4.78, 5) is 14.3. The third kappa shape index (κ3) is 3.60. The minimum atomic E-state index is -0.115. The van der Waals surface area contributed by atoms with Crippen LogP contribution in [-0.4, -0.2) is 25.2 Å². The first-order valence-corrected chi connectivity index (χ1v) is 8.95. The summed E-state index contributed by atoms with van der Waals surface area (Å²) in [6.45, 7) is 3.44. The van der Waals surface area contributed by atoms with Gasteiger partial charge < -0.3 is 9.32 Å². The van der Waals surface area contributed by atoms with Crippen LogP contribution in [0, 0.1) is 5.92 Å². The minimum absolute atomic E-state index is 0.115. The summed E-state index contributed by atoms with van der Waals surface area (Å²) in [6.07, 6.45) is 4.91. The smallest absolute Gasteiger partial charge is 0.259 e. The Labute approximate surface area is 147 Å². The van der Waals surface area contributed by atoms with Crippen molar-refractivity contribution in [1.82, 2.24) is 5.43 Å². The molecule has 0 saturated heterocycles. The molecular formula is C20H23N3O2. The highest BCUT2D eigenvalue weighted by molar-refractivity contribution is 5.84. The van der Waals surface area contributed by atoms with Gasteiger partial charge in [-0.2, -0.15) is 5.10 Å². The molecule has 5 heteroatoms. The maximum atomic E-state index is 12.2. The Kier molecular flexibility index (Phi) is 4.30. The molecule has 25 heavy (non-hydrogen) atoms. The Balaban J connectivity index is 1.31. The number of fused-ring (bicyclic) bond motifs is 1. The first-order chi connectivity index (χ1) is 12.2. The molecule has 2 atom stereocenters. The SMILES string of the molecule is C[C@@H]1C[C@H]1c1ccc(/C=N\NC(=O)CN2CCCc3ccccc32)o1. The molecule has 1 fully saturated rings. The Morgan fingerprint density at radius 3 is 3.04 bits per heavy atom. The Morgan fingerprint density at radius 2 is 2.20 bits per heavy atom. The fraction of sp³-hybridized carbons (Fsp3) is 0.400. The van der Waals surface area contributed by atoms with Gasteiger partial charge in [0.25, 0.3) is 5.91 Å². The highest BCUT2D eigenvalue weighted by Crippen LogP contribution is 2.47. The van der Waals surface area contributed by atoms with Crippen molar-refractivity contribution in [2.24, 2.45) is 11.0 Å². The molecule has 0 unspecified atom stereocenters. The summed E-state index contributed by atoms with van der Waals surface area (Å²) in [7, 11) is 0. The molecule has 1 amide bonds. The molecule has 1 aliphatic carbocycles. The molecule has 4 rings (SSSR count). The molecule has 2 aromatic rings. The van der Waals surface area contributed by atoms with Gasteiger partial charge in [0, 0.05) is 18.2 Å². The number of carbonyl (C=O) groups excluding carboxylic acids is 1. The lowest BCUT2D eigenvalue weighted by molar-refractivity contribution is -0.119. The van der Waals surface area contributed by atoms with Gasteiger partial charge in [-0.3, -0.25) is 4.79 Å². The Hall–Kier alpha value is -2.56. The number of nitrogens with one attached hydrogen (secondary N) is 1. The van der Waals surface area contributed by atoms with Gasteiger partial charge in [0.1, 0.15) is 11.5 Å². The molecule has 1 aromatic carbocycles. The predicted octanol–water partition coefficient (Wildman–Crippen LogP) is 3.31. The van der Waals surface area contributed by atoms with E-state index in [1.165, 1.54) is 12.0 Å². The van der Waals surface area contributed by atoms with E-state index in [9.17, 15) is 4.79 Å². The fourth-order valence-corrected chi connectivity index (χ4v) is 3.51. The average Bonchev–Trinajstić information content (AvgIpc) is 3.16. The number of anilines is 1. The largest absolute Gasteiger partial charge is 0.460 e. The van der Waals surface area contributed by atoms with Crippen LogP contribution in [-0.2, 0) is 11.2 Å². The van der Waals surface area contributed by atoms with Gasteiger partial charge in [-0.05, 0) is 48.9 Å². The highest BCUT2D eigenvalue weighted by Gasteiger charge is 2.36. The zero-order valence-corrected chi connectivity index (χ0v) is 14.4. The van der Waals surface area contributed by atoms with Crippen molar-refractivity contribution in [3.8, 4) is 0 Å². The molecule has 0 bridgehead atoms. The number of furan rings is 1. The summed E-state index contributed by atoms with van der Waals surface area (Å²) in [5, 5.41) is 4.03. The molecule has 2 heterocycles. The topological polar surface area (TPSA) is 57.8 Å². The van der Waals surface area contributed by atoms with Crippen molar-refractivity contribution in [2.45, 2.75) is 32.1 Å². The van der Waals surface area contributed by atoms with E-state index in [2.05, 4.69) is 34.5 Å². The molecule has 2 aliphatic rings. The molecule has 130 valence electrons. The first-order valence-electron chi connectivity index (χ1n) is 8.95. The van der Waals surface area contributed by atoms with Crippen LogP contribution in [0.3, 0.4) is 0 Å². The van der Waals surface area contributed by atoms with Crippen molar-refractivity contribution < 1.29 is 9.21 Å². The predicted molar refractivity (Wildman–Crippen MR) is 97.9 cm³/mol. The molecule has 1 aromatic heterocycles. The van der Waals surface area contributed by atoms with Crippen LogP contribution in [0.25, 0.3) is 0 Å². The molecule has 1 saturated carbocycles. The second-order valence-electron chi connectivity index (χ2n) is 7.01.